The van der Waals surface area contributed by atoms with Crippen molar-refractivity contribution in [2.45, 2.75) is 0 Å². The molecule has 2 aromatic rings. The van der Waals surface area contributed by atoms with Crippen molar-refractivity contribution in [1.82, 2.24) is 4.98 Å². The van der Waals surface area contributed by atoms with Crippen LogP contribution in [-0.4, -0.2) is 23.7 Å². The van der Waals surface area contributed by atoms with Gasteiger partial charge in [0.25, 0.3) is 0 Å². The molecule has 1 aliphatic rings. The third-order valence-corrected chi connectivity index (χ3v) is 3.80. The summed E-state index contributed by atoms with van der Waals surface area (Å²) < 4.78 is 18.5. The quantitative estimate of drug-likeness (QED) is 0.915. The minimum atomic E-state index is -0.483. The minimum Gasteiger partial charge on any atom is -0.506 e. The van der Waals surface area contributed by atoms with Gasteiger partial charge in [-0.3, -0.25) is 0 Å². The molecule has 0 amide bonds. The van der Waals surface area contributed by atoms with E-state index in [9.17, 15) is 9.50 Å². The molecule has 0 unspecified atom stereocenters. The van der Waals surface area contributed by atoms with E-state index in [0.717, 1.165) is 5.56 Å². The van der Waals surface area contributed by atoms with E-state index in [2.05, 4.69) is 4.98 Å². The summed E-state index contributed by atoms with van der Waals surface area (Å²) >= 11 is 5.88. The first-order valence-corrected chi connectivity index (χ1v) is 7.30. The summed E-state index contributed by atoms with van der Waals surface area (Å²) in [6.07, 6.45) is 5.04. The summed E-state index contributed by atoms with van der Waals surface area (Å²) in [4.78, 5) is 5.91. The highest BCUT2D eigenvalue weighted by molar-refractivity contribution is 6.31. The number of nitrogens with zero attached hydrogens (tertiary/aromatic N) is 2. The Morgan fingerprint density at radius 1 is 1.30 bits per heavy atom. The van der Waals surface area contributed by atoms with Gasteiger partial charge in [-0.25, -0.2) is 9.37 Å². The standard InChI is InChI=1S/C17H14ClFN2O2/c1-23-16-9-11(6-7-20-16)17-15(22)3-2-8-21(17)12-4-5-14(19)13(18)10-12/h2-7,9-10,22H,8H2,1H3. The van der Waals surface area contributed by atoms with E-state index in [1.165, 1.54) is 19.2 Å². The molecule has 0 atom stereocenters. The number of pyridine rings is 1. The Hall–Kier alpha value is -2.53. The van der Waals surface area contributed by atoms with Crippen LogP contribution in [-0.2, 0) is 0 Å². The van der Waals surface area contributed by atoms with E-state index in [4.69, 9.17) is 16.3 Å². The maximum absolute atomic E-state index is 13.4. The highest BCUT2D eigenvalue weighted by Gasteiger charge is 2.21. The summed E-state index contributed by atoms with van der Waals surface area (Å²) in [5, 5.41) is 10.4. The van der Waals surface area contributed by atoms with Gasteiger partial charge in [0.05, 0.1) is 17.8 Å². The molecule has 6 heteroatoms. The predicted molar refractivity (Wildman–Crippen MR) is 88.2 cm³/mol. The molecule has 1 aromatic heterocycles. The number of anilines is 1. The minimum absolute atomic E-state index is 0.0307. The molecule has 23 heavy (non-hydrogen) atoms. The van der Waals surface area contributed by atoms with Gasteiger partial charge in [0.2, 0.25) is 5.88 Å². The molecule has 0 radical (unpaired) electrons. The molecule has 0 saturated heterocycles. The maximum Gasteiger partial charge on any atom is 0.213 e. The van der Waals surface area contributed by atoms with Crippen molar-refractivity contribution in [2.75, 3.05) is 18.6 Å². The molecule has 0 spiro atoms. The van der Waals surface area contributed by atoms with Crippen molar-refractivity contribution in [2.24, 2.45) is 0 Å². The molecule has 1 aromatic carbocycles. The smallest absolute Gasteiger partial charge is 0.213 e. The molecular formula is C17H14ClFN2O2. The molecule has 3 rings (SSSR count). The Bertz CT molecular complexity index is 805. The second kappa shape index (κ2) is 6.30. The van der Waals surface area contributed by atoms with Crippen LogP contribution in [0.25, 0.3) is 5.70 Å². The molecule has 4 nitrogen and oxygen atoms in total. The number of hydrogen-bond acceptors (Lipinski definition) is 4. The average Bonchev–Trinajstić information content (AvgIpc) is 2.57. The lowest BCUT2D eigenvalue weighted by Gasteiger charge is -2.29. The number of ether oxygens (including phenoxy) is 1. The molecule has 0 bridgehead atoms. The molecule has 0 saturated carbocycles. The van der Waals surface area contributed by atoms with Crippen LogP contribution in [0.4, 0.5) is 10.1 Å². The number of aromatic nitrogens is 1. The van der Waals surface area contributed by atoms with Crippen molar-refractivity contribution in [3.63, 3.8) is 0 Å². The normalized spacial score (nSPS) is 14.3. The molecule has 1 N–H and O–H groups in total. The molecule has 118 valence electrons. The Morgan fingerprint density at radius 3 is 2.87 bits per heavy atom. The highest BCUT2D eigenvalue weighted by Crippen LogP contribution is 2.33. The fourth-order valence-electron chi connectivity index (χ4n) is 2.44. The van der Waals surface area contributed by atoms with Crippen molar-refractivity contribution >= 4 is 23.0 Å². The topological polar surface area (TPSA) is 45.6 Å². The van der Waals surface area contributed by atoms with E-state index in [0.29, 0.717) is 23.8 Å². The molecule has 2 heterocycles. The summed E-state index contributed by atoms with van der Waals surface area (Å²) in [6.45, 7) is 0.520. The summed E-state index contributed by atoms with van der Waals surface area (Å²) in [5.41, 5.74) is 1.99. The van der Waals surface area contributed by atoms with Crippen LogP contribution in [0.15, 0.2) is 54.4 Å². The fourth-order valence-corrected chi connectivity index (χ4v) is 2.61. The van der Waals surface area contributed by atoms with E-state index in [1.807, 2.05) is 11.0 Å². The van der Waals surface area contributed by atoms with Gasteiger partial charge in [0, 0.05) is 30.1 Å². The van der Waals surface area contributed by atoms with Crippen LogP contribution in [0.1, 0.15) is 5.56 Å². The number of methoxy groups -OCH3 is 1. The molecule has 0 aliphatic carbocycles. The summed E-state index contributed by atoms with van der Waals surface area (Å²) in [5.74, 6) is 0.0580. The van der Waals surface area contributed by atoms with Gasteiger partial charge in [-0.05, 0) is 30.3 Å². The van der Waals surface area contributed by atoms with Gasteiger partial charge in [0.15, 0.2) is 0 Å². The third kappa shape index (κ3) is 3.00. The Kier molecular flexibility index (Phi) is 4.21. The van der Waals surface area contributed by atoms with Gasteiger partial charge in [-0.15, -0.1) is 0 Å². The maximum atomic E-state index is 13.4. The molecular weight excluding hydrogens is 319 g/mol. The van der Waals surface area contributed by atoms with Crippen LogP contribution in [0.2, 0.25) is 5.02 Å². The van der Waals surface area contributed by atoms with Gasteiger partial charge in [-0.1, -0.05) is 17.7 Å². The fraction of sp³-hybridized carbons (Fsp3) is 0.118. The second-order valence-corrected chi connectivity index (χ2v) is 5.34. The lowest BCUT2D eigenvalue weighted by molar-refractivity contribution is 0.397. The first-order chi connectivity index (χ1) is 11.1. The number of hydrogen-bond donors (Lipinski definition) is 1. The van der Waals surface area contributed by atoms with Crippen molar-refractivity contribution in [1.29, 1.82) is 0 Å². The van der Waals surface area contributed by atoms with E-state index in [1.54, 1.807) is 30.5 Å². The average molecular weight is 333 g/mol. The number of benzene rings is 1. The van der Waals surface area contributed by atoms with Gasteiger partial charge in [-0.2, -0.15) is 0 Å². The zero-order chi connectivity index (χ0) is 16.4. The van der Waals surface area contributed by atoms with E-state index >= 15 is 0 Å². The van der Waals surface area contributed by atoms with Crippen LogP contribution in [0, 0.1) is 5.82 Å². The van der Waals surface area contributed by atoms with Crippen LogP contribution < -0.4 is 9.64 Å². The number of rotatable bonds is 3. The molecule has 0 fully saturated rings. The van der Waals surface area contributed by atoms with Crippen LogP contribution >= 0.6 is 11.6 Å². The Labute approximate surface area is 138 Å². The van der Waals surface area contributed by atoms with Gasteiger partial charge >= 0.3 is 0 Å². The van der Waals surface area contributed by atoms with E-state index < -0.39 is 5.82 Å². The lowest BCUT2D eigenvalue weighted by Crippen LogP contribution is -2.25. The zero-order valence-electron chi connectivity index (χ0n) is 12.3. The highest BCUT2D eigenvalue weighted by atomic mass is 35.5. The van der Waals surface area contributed by atoms with Crippen LogP contribution in [0.5, 0.6) is 5.88 Å². The number of aliphatic hydroxyl groups is 1. The third-order valence-electron chi connectivity index (χ3n) is 3.51. The zero-order valence-corrected chi connectivity index (χ0v) is 13.1. The molecule has 1 aliphatic heterocycles. The largest absolute Gasteiger partial charge is 0.506 e. The number of halogens is 2. The number of aliphatic hydroxyl groups excluding tert-OH is 1. The lowest BCUT2D eigenvalue weighted by atomic mass is 10.1. The van der Waals surface area contributed by atoms with Crippen molar-refractivity contribution < 1.29 is 14.2 Å². The number of allylic oxidation sites excluding steroid dienone is 1. The Balaban J connectivity index is 2.09. The first-order valence-electron chi connectivity index (χ1n) is 6.93. The SMILES string of the molecule is COc1cc(C2=C(O)C=CCN2c2ccc(F)c(Cl)c2)ccn1. The van der Waals surface area contributed by atoms with Gasteiger partial charge < -0.3 is 14.7 Å². The monoisotopic (exact) mass is 332 g/mol. The summed E-state index contributed by atoms with van der Waals surface area (Å²) in [6, 6.07) is 7.94. The second-order valence-electron chi connectivity index (χ2n) is 4.93. The van der Waals surface area contributed by atoms with E-state index in [-0.39, 0.29) is 10.8 Å². The van der Waals surface area contributed by atoms with Crippen molar-refractivity contribution in [3.8, 4) is 5.88 Å². The van der Waals surface area contributed by atoms with Gasteiger partial charge in [0.1, 0.15) is 11.6 Å². The van der Waals surface area contributed by atoms with Crippen LogP contribution in [0.3, 0.4) is 0 Å². The Morgan fingerprint density at radius 2 is 2.13 bits per heavy atom. The summed E-state index contributed by atoms with van der Waals surface area (Å²) in [7, 11) is 1.53. The predicted octanol–water partition coefficient (Wildman–Crippen LogP) is 4.19. The first kappa shape index (κ1) is 15.4. The van der Waals surface area contributed by atoms with Crippen molar-refractivity contribution in [3.05, 3.63) is 70.8 Å².